The second kappa shape index (κ2) is 8.01. The van der Waals surface area contributed by atoms with Gasteiger partial charge in [-0.2, -0.15) is 0 Å². The minimum atomic E-state index is -0.288. The third-order valence-electron chi connectivity index (χ3n) is 4.64. The van der Waals surface area contributed by atoms with Crippen LogP contribution in [0.1, 0.15) is 35.7 Å². The molecule has 1 amide bonds. The van der Waals surface area contributed by atoms with Crippen molar-refractivity contribution in [2.24, 2.45) is 0 Å². The summed E-state index contributed by atoms with van der Waals surface area (Å²) >= 11 is 9.50. The molecule has 0 unspecified atom stereocenters. The zero-order valence-corrected chi connectivity index (χ0v) is 18.2. The van der Waals surface area contributed by atoms with Crippen molar-refractivity contribution in [2.75, 3.05) is 5.32 Å². The van der Waals surface area contributed by atoms with Crippen LogP contribution in [0.3, 0.4) is 0 Å². The van der Waals surface area contributed by atoms with E-state index in [0.29, 0.717) is 39.2 Å². The van der Waals surface area contributed by atoms with Crippen molar-refractivity contribution in [3.63, 3.8) is 0 Å². The summed E-state index contributed by atoms with van der Waals surface area (Å²) in [5, 5.41) is 3.25. The standard InChI is InChI=1S/C23H18BrClN2O2/c1-13(2)14-3-5-15(6-4-14)23-27-20-12-17(8-10-21(20)29-23)26-22(28)18-11-16(24)7-9-19(18)25/h3-13H,1-2H3,(H,26,28). The molecule has 4 nitrogen and oxygen atoms in total. The molecule has 0 saturated heterocycles. The van der Waals surface area contributed by atoms with Gasteiger partial charge in [-0.05, 0) is 60.0 Å². The fourth-order valence-electron chi connectivity index (χ4n) is 3.01. The van der Waals surface area contributed by atoms with Gasteiger partial charge in [-0.25, -0.2) is 4.98 Å². The Labute approximate surface area is 182 Å². The lowest BCUT2D eigenvalue weighted by Crippen LogP contribution is -2.12. The Hall–Kier alpha value is -2.63. The molecule has 1 heterocycles. The summed E-state index contributed by atoms with van der Waals surface area (Å²) in [6.07, 6.45) is 0. The van der Waals surface area contributed by atoms with Crippen LogP contribution < -0.4 is 5.32 Å². The zero-order valence-electron chi connectivity index (χ0n) is 15.9. The van der Waals surface area contributed by atoms with Crippen LogP contribution in [0.4, 0.5) is 5.69 Å². The number of benzene rings is 3. The number of carbonyl (C=O) groups excluding carboxylic acids is 1. The van der Waals surface area contributed by atoms with Crippen LogP contribution in [0.5, 0.6) is 0 Å². The molecule has 0 aliphatic rings. The summed E-state index contributed by atoms with van der Waals surface area (Å²) in [7, 11) is 0. The molecule has 0 fully saturated rings. The van der Waals surface area contributed by atoms with E-state index >= 15 is 0 Å². The molecule has 0 saturated carbocycles. The van der Waals surface area contributed by atoms with Crippen molar-refractivity contribution in [3.8, 4) is 11.5 Å². The maximum atomic E-state index is 12.6. The average molecular weight is 470 g/mol. The number of halogens is 2. The fraction of sp³-hybridized carbons (Fsp3) is 0.130. The summed E-state index contributed by atoms with van der Waals surface area (Å²) in [4.78, 5) is 17.2. The minimum Gasteiger partial charge on any atom is -0.436 e. The van der Waals surface area contributed by atoms with Crippen molar-refractivity contribution in [2.45, 2.75) is 19.8 Å². The highest BCUT2D eigenvalue weighted by atomic mass is 79.9. The summed E-state index contributed by atoms with van der Waals surface area (Å²) in [6, 6.07) is 18.7. The molecule has 1 aromatic heterocycles. The van der Waals surface area contributed by atoms with Crippen LogP contribution in [0.25, 0.3) is 22.6 Å². The van der Waals surface area contributed by atoms with E-state index in [9.17, 15) is 4.79 Å². The first-order valence-corrected chi connectivity index (χ1v) is 10.3. The number of hydrogen-bond donors (Lipinski definition) is 1. The number of rotatable bonds is 4. The lowest BCUT2D eigenvalue weighted by molar-refractivity contribution is 0.102. The molecule has 0 spiro atoms. The summed E-state index contributed by atoms with van der Waals surface area (Å²) in [5.41, 5.74) is 4.52. The smallest absolute Gasteiger partial charge is 0.257 e. The maximum Gasteiger partial charge on any atom is 0.257 e. The second-order valence-corrected chi connectivity index (χ2v) is 8.38. The second-order valence-electron chi connectivity index (χ2n) is 7.06. The van der Waals surface area contributed by atoms with Gasteiger partial charge in [-0.1, -0.05) is 53.5 Å². The van der Waals surface area contributed by atoms with Gasteiger partial charge in [0.15, 0.2) is 5.58 Å². The molecular weight excluding hydrogens is 452 g/mol. The van der Waals surface area contributed by atoms with E-state index in [1.54, 1.807) is 36.4 Å². The molecule has 0 radical (unpaired) electrons. The van der Waals surface area contributed by atoms with Crippen molar-refractivity contribution in [1.82, 2.24) is 4.98 Å². The highest BCUT2D eigenvalue weighted by Gasteiger charge is 2.13. The van der Waals surface area contributed by atoms with Crippen LogP contribution in [0, 0.1) is 0 Å². The zero-order chi connectivity index (χ0) is 20.5. The topological polar surface area (TPSA) is 55.1 Å². The summed E-state index contributed by atoms with van der Waals surface area (Å²) in [5.74, 6) is 0.732. The van der Waals surface area contributed by atoms with E-state index < -0.39 is 0 Å². The first-order valence-electron chi connectivity index (χ1n) is 9.18. The monoisotopic (exact) mass is 468 g/mol. The van der Waals surface area contributed by atoms with Gasteiger partial charge in [-0.3, -0.25) is 4.79 Å². The number of amides is 1. The molecule has 0 aliphatic heterocycles. The van der Waals surface area contributed by atoms with Gasteiger partial charge < -0.3 is 9.73 Å². The Kier molecular flexibility index (Phi) is 5.43. The van der Waals surface area contributed by atoms with Crippen molar-refractivity contribution in [3.05, 3.63) is 81.3 Å². The van der Waals surface area contributed by atoms with Crippen LogP contribution >= 0.6 is 27.5 Å². The highest BCUT2D eigenvalue weighted by molar-refractivity contribution is 9.10. The van der Waals surface area contributed by atoms with Crippen molar-refractivity contribution >= 4 is 50.2 Å². The number of anilines is 1. The van der Waals surface area contributed by atoms with Gasteiger partial charge in [-0.15, -0.1) is 0 Å². The third-order valence-corrected chi connectivity index (χ3v) is 5.47. The van der Waals surface area contributed by atoms with E-state index in [1.165, 1.54) is 5.56 Å². The van der Waals surface area contributed by atoms with Crippen LogP contribution in [0.2, 0.25) is 5.02 Å². The molecule has 6 heteroatoms. The molecule has 1 N–H and O–H groups in total. The summed E-state index contributed by atoms with van der Waals surface area (Å²) in [6.45, 7) is 4.32. The fourth-order valence-corrected chi connectivity index (χ4v) is 3.57. The van der Waals surface area contributed by atoms with Gasteiger partial charge in [0.25, 0.3) is 5.91 Å². The Bertz CT molecular complexity index is 1200. The molecule has 4 rings (SSSR count). The van der Waals surface area contributed by atoms with Gasteiger partial charge in [0.05, 0.1) is 10.6 Å². The van der Waals surface area contributed by atoms with Gasteiger partial charge >= 0.3 is 0 Å². The largest absolute Gasteiger partial charge is 0.436 e. The summed E-state index contributed by atoms with van der Waals surface area (Å²) < 4.78 is 6.67. The lowest BCUT2D eigenvalue weighted by Gasteiger charge is -2.07. The highest BCUT2D eigenvalue weighted by Crippen LogP contribution is 2.28. The van der Waals surface area contributed by atoms with Crippen molar-refractivity contribution in [1.29, 1.82) is 0 Å². The SMILES string of the molecule is CC(C)c1ccc(-c2nc3cc(NC(=O)c4cc(Br)ccc4Cl)ccc3o2)cc1. The number of carbonyl (C=O) groups is 1. The number of hydrogen-bond acceptors (Lipinski definition) is 3. The van der Waals surface area contributed by atoms with Gasteiger partial charge in [0.1, 0.15) is 5.52 Å². The molecule has 0 atom stereocenters. The minimum absolute atomic E-state index is 0.288. The Balaban J connectivity index is 1.60. The lowest BCUT2D eigenvalue weighted by atomic mass is 10.0. The first-order chi connectivity index (χ1) is 13.9. The quantitative estimate of drug-likeness (QED) is 0.341. The first kappa shape index (κ1) is 19.7. The number of aromatic nitrogens is 1. The van der Waals surface area contributed by atoms with Crippen LogP contribution in [-0.2, 0) is 0 Å². The molecule has 0 bridgehead atoms. The molecule has 3 aromatic carbocycles. The molecule has 0 aliphatic carbocycles. The van der Waals surface area contributed by atoms with E-state index in [4.69, 9.17) is 16.0 Å². The normalized spacial score (nSPS) is 11.2. The third kappa shape index (κ3) is 4.21. The molecule has 4 aromatic rings. The van der Waals surface area contributed by atoms with E-state index in [-0.39, 0.29) is 5.91 Å². The number of fused-ring (bicyclic) bond motifs is 1. The number of nitrogens with one attached hydrogen (secondary N) is 1. The predicted octanol–water partition coefficient (Wildman–Crippen LogP) is 7.29. The Morgan fingerprint density at radius 2 is 1.83 bits per heavy atom. The van der Waals surface area contributed by atoms with E-state index in [2.05, 4.69) is 52.2 Å². The van der Waals surface area contributed by atoms with Crippen LogP contribution in [-0.4, -0.2) is 10.9 Å². The van der Waals surface area contributed by atoms with Crippen LogP contribution in [0.15, 0.2) is 69.6 Å². The number of nitrogens with zero attached hydrogens (tertiary/aromatic N) is 1. The number of oxazole rings is 1. The molecule has 146 valence electrons. The van der Waals surface area contributed by atoms with Gasteiger partial charge in [0, 0.05) is 15.7 Å². The van der Waals surface area contributed by atoms with E-state index in [0.717, 1.165) is 10.0 Å². The maximum absolute atomic E-state index is 12.6. The Morgan fingerprint density at radius 3 is 2.55 bits per heavy atom. The molecule has 29 heavy (non-hydrogen) atoms. The van der Waals surface area contributed by atoms with E-state index in [1.807, 2.05) is 12.1 Å². The average Bonchev–Trinajstić information content (AvgIpc) is 3.13. The molecular formula is C23H18BrClN2O2. The Morgan fingerprint density at radius 1 is 1.07 bits per heavy atom. The van der Waals surface area contributed by atoms with Gasteiger partial charge in [0.2, 0.25) is 5.89 Å². The predicted molar refractivity (Wildman–Crippen MR) is 121 cm³/mol. The van der Waals surface area contributed by atoms with Crippen molar-refractivity contribution < 1.29 is 9.21 Å².